The number of rotatable bonds is 5. The van der Waals surface area contributed by atoms with Gasteiger partial charge in [0.1, 0.15) is 11.9 Å². The maximum atomic E-state index is 13.2. The van der Waals surface area contributed by atoms with Crippen LogP contribution < -0.4 is 5.32 Å². The van der Waals surface area contributed by atoms with Gasteiger partial charge < -0.3 is 19.9 Å². The maximum absolute atomic E-state index is 13.2. The molecule has 3 atom stereocenters. The molecule has 2 fully saturated rings. The lowest BCUT2D eigenvalue weighted by atomic mass is 10.1. The Morgan fingerprint density at radius 1 is 1.25 bits per heavy atom. The number of morpholine rings is 1. The first kappa shape index (κ1) is 23.3. The fraction of sp³-hybridized carbons (Fsp3) is 0.667. The molecule has 1 aromatic rings. The van der Waals surface area contributed by atoms with Crippen molar-refractivity contribution in [2.24, 2.45) is 10.9 Å². The van der Waals surface area contributed by atoms with Crippen LogP contribution in [0.5, 0.6) is 0 Å². The highest BCUT2D eigenvalue weighted by atomic mass is 127. The lowest BCUT2D eigenvalue weighted by Crippen LogP contribution is -2.51. The Morgan fingerprint density at radius 3 is 2.57 bits per heavy atom. The van der Waals surface area contributed by atoms with Crippen molar-refractivity contribution in [3.05, 3.63) is 35.6 Å². The number of guanidine groups is 1. The summed E-state index contributed by atoms with van der Waals surface area (Å²) in [7, 11) is 1.83. The van der Waals surface area contributed by atoms with Gasteiger partial charge in [0, 0.05) is 26.7 Å². The van der Waals surface area contributed by atoms with Gasteiger partial charge in [-0.1, -0.05) is 19.1 Å². The molecule has 2 heterocycles. The van der Waals surface area contributed by atoms with Gasteiger partial charge in [0.15, 0.2) is 5.96 Å². The molecule has 3 rings (SSSR count). The Labute approximate surface area is 185 Å². The zero-order valence-corrected chi connectivity index (χ0v) is 19.6. The Hall–Kier alpha value is -0.930. The van der Waals surface area contributed by atoms with E-state index in [4.69, 9.17) is 4.74 Å². The van der Waals surface area contributed by atoms with Crippen LogP contribution in [0.3, 0.4) is 0 Å². The Kier molecular flexibility index (Phi) is 9.43. The number of nitrogens with zero attached hydrogens (tertiary/aromatic N) is 3. The second kappa shape index (κ2) is 11.3. The Morgan fingerprint density at radius 2 is 1.93 bits per heavy atom. The lowest BCUT2D eigenvalue weighted by molar-refractivity contribution is -0.0605. The van der Waals surface area contributed by atoms with Crippen molar-refractivity contribution in [3.8, 4) is 0 Å². The third-order valence-electron chi connectivity index (χ3n) is 5.39. The Balaban J connectivity index is 0.00000280. The summed E-state index contributed by atoms with van der Waals surface area (Å²) in [5.41, 5.74) is 1.01. The predicted molar refractivity (Wildman–Crippen MR) is 123 cm³/mol. The average molecular weight is 504 g/mol. The molecule has 0 bridgehead atoms. The maximum Gasteiger partial charge on any atom is 0.193 e. The number of halogens is 2. The minimum absolute atomic E-state index is 0. The first-order valence-electron chi connectivity index (χ1n) is 10.1. The largest absolute Gasteiger partial charge is 0.367 e. The highest BCUT2D eigenvalue weighted by Gasteiger charge is 2.28. The van der Waals surface area contributed by atoms with Crippen molar-refractivity contribution in [2.45, 2.75) is 38.9 Å². The van der Waals surface area contributed by atoms with Crippen molar-refractivity contribution in [2.75, 3.05) is 46.3 Å². The van der Waals surface area contributed by atoms with Crippen LogP contribution in [0.1, 0.15) is 38.4 Å². The molecule has 2 aliphatic rings. The summed E-state index contributed by atoms with van der Waals surface area (Å²) >= 11 is 0. The summed E-state index contributed by atoms with van der Waals surface area (Å²) in [5, 5.41) is 3.55. The van der Waals surface area contributed by atoms with E-state index in [1.807, 2.05) is 19.2 Å². The molecule has 0 aromatic heterocycles. The van der Waals surface area contributed by atoms with E-state index in [0.717, 1.165) is 37.7 Å². The van der Waals surface area contributed by atoms with Crippen LogP contribution >= 0.6 is 24.0 Å². The summed E-state index contributed by atoms with van der Waals surface area (Å²) in [6, 6.07) is 6.61. The highest BCUT2D eigenvalue weighted by molar-refractivity contribution is 14.0. The van der Waals surface area contributed by atoms with Crippen molar-refractivity contribution >= 4 is 29.9 Å². The number of likely N-dealkylation sites (tertiary alicyclic amines) is 1. The predicted octanol–water partition coefficient (Wildman–Crippen LogP) is 3.51. The van der Waals surface area contributed by atoms with E-state index in [-0.39, 0.29) is 42.0 Å². The fourth-order valence-electron chi connectivity index (χ4n) is 4.05. The molecule has 1 N–H and O–H groups in total. The van der Waals surface area contributed by atoms with E-state index >= 15 is 0 Å². The molecule has 28 heavy (non-hydrogen) atoms. The van der Waals surface area contributed by atoms with Crippen LogP contribution in [0.15, 0.2) is 29.3 Å². The van der Waals surface area contributed by atoms with Crippen LogP contribution in [-0.4, -0.2) is 68.2 Å². The molecular weight excluding hydrogens is 470 g/mol. The Bertz CT molecular complexity index is 621. The number of ether oxygens (including phenoxy) is 1. The minimum atomic E-state index is -0.219. The van der Waals surface area contributed by atoms with E-state index in [0.29, 0.717) is 5.92 Å². The smallest absolute Gasteiger partial charge is 0.193 e. The second-order valence-corrected chi connectivity index (χ2v) is 7.93. The van der Waals surface area contributed by atoms with Gasteiger partial charge in [-0.05, 0) is 56.5 Å². The van der Waals surface area contributed by atoms with Gasteiger partial charge >= 0.3 is 0 Å². The van der Waals surface area contributed by atoms with Crippen LogP contribution in [0.4, 0.5) is 4.39 Å². The molecule has 0 spiro atoms. The summed E-state index contributed by atoms with van der Waals surface area (Å²) in [6.07, 6.45) is 2.68. The molecule has 2 saturated heterocycles. The van der Waals surface area contributed by atoms with E-state index in [1.165, 1.54) is 38.1 Å². The van der Waals surface area contributed by atoms with E-state index in [9.17, 15) is 4.39 Å². The van der Waals surface area contributed by atoms with Gasteiger partial charge in [-0.15, -0.1) is 24.0 Å². The topological polar surface area (TPSA) is 40.1 Å². The first-order chi connectivity index (χ1) is 13.0. The number of aliphatic imine (C=N–C) groups is 1. The van der Waals surface area contributed by atoms with Gasteiger partial charge in [0.2, 0.25) is 0 Å². The van der Waals surface area contributed by atoms with Crippen LogP contribution in [-0.2, 0) is 4.74 Å². The zero-order chi connectivity index (χ0) is 19.2. The SMILES string of the molecule is CN=C(NCC(C)CN1CCCC1)N1CC(C)OC(c2ccc(F)cc2)C1.I. The third-order valence-corrected chi connectivity index (χ3v) is 5.39. The van der Waals surface area contributed by atoms with Crippen molar-refractivity contribution in [1.82, 2.24) is 15.1 Å². The summed E-state index contributed by atoms with van der Waals surface area (Å²) in [4.78, 5) is 9.30. The number of nitrogens with one attached hydrogen (secondary N) is 1. The zero-order valence-electron chi connectivity index (χ0n) is 17.2. The molecular formula is C21H34FIN4O. The van der Waals surface area contributed by atoms with Crippen molar-refractivity contribution < 1.29 is 9.13 Å². The normalized spacial score (nSPS) is 24.7. The fourth-order valence-corrected chi connectivity index (χ4v) is 4.05. The number of hydrogen-bond acceptors (Lipinski definition) is 3. The molecule has 0 aliphatic carbocycles. The van der Waals surface area contributed by atoms with Crippen molar-refractivity contribution in [3.63, 3.8) is 0 Å². The highest BCUT2D eigenvalue weighted by Crippen LogP contribution is 2.25. The molecule has 0 radical (unpaired) electrons. The molecule has 0 saturated carbocycles. The second-order valence-electron chi connectivity index (χ2n) is 7.93. The van der Waals surface area contributed by atoms with Gasteiger partial charge in [-0.25, -0.2) is 4.39 Å². The van der Waals surface area contributed by atoms with E-state index in [1.54, 1.807) is 0 Å². The average Bonchev–Trinajstić information content (AvgIpc) is 3.15. The summed E-state index contributed by atoms with van der Waals surface area (Å²) in [6.45, 7) is 10.4. The summed E-state index contributed by atoms with van der Waals surface area (Å²) in [5.74, 6) is 1.28. The molecule has 7 heteroatoms. The van der Waals surface area contributed by atoms with E-state index < -0.39 is 0 Å². The van der Waals surface area contributed by atoms with Gasteiger partial charge in [-0.3, -0.25) is 4.99 Å². The molecule has 1 aromatic carbocycles. The van der Waals surface area contributed by atoms with E-state index in [2.05, 4.69) is 34.0 Å². The van der Waals surface area contributed by atoms with Crippen LogP contribution in [0.25, 0.3) is 0 Å². The number of hydrogen-bond donors (Lipinski definition) is 1. The molecule has 5 nitrogen and oxygen atoms in total. The number of benzene rings is 1. The minimum Gasteiger partial charge on any atom is -0.367 e. The standard InChI is InChI=1S/C21H33FN4O.HI/c1-16(13-25-10-4-5-11-25)12-24-21(23-3)26-14-17(2)27-20(15-26)18-6-8-19(22)9-7-18;/h6-9,16-17,20H,4-5,10-15H2,1-3H3,(H,23,24);1H. The monoisotopic (exact) mass is 504 g/mol. The molecule has 158 valence electrons. The summed E-state index contributed by atoms with van der Waals surface area (Å²) < 4.78 is 19.3. The third kappa shape index (κ3) is 6.56. The van der Waals surface area contributed by atoms with Crippen molar-refractivity contribution in [1.29, 1.82) is 0 Å². The van der Waals surface area contributed by atoms with Gasteiger partial charge in [-0.2, -0.15) is 0 Å². The van der Waals surface area contributed by atoms with Crippen LogP contribution in [0, 0.1) is 11.7 Å². The molecule has 2 aliphatic heterocycles. The lowest BCUT2D eigenvalue weighted by Gasteiger charge is -2.39. The van der Waals surface area contributed by atoms with Crippen LogP contribution in [0.2, 0.25) is 0 Å². The molecule has 0 amide bonds. The quantitative estimate of drug-likeness (QED) is 0.379. The van der Waals surface area contributed by atoms with Gasteiger partial charge in [0.25, 0.3) is 0 Å². The van der Waals surface area contributed by atoms with Gasteiger partial charge in [0.05, 0.1) is 12.6 Å². The molecule has 3 unspecified atom stereocenters. The first-order valence-corrected chi connectivity index (χ1v) is 10.1.